The number of nitrogens with one attached hydrogen (secondary N) is 1. The van der Waals surface area contributed by atoms with Gasteiger partial charge in [-0.1, -0.05) is 6.92 Å². The lowest BCUT2D eigenvalue weighted by Gasteiger charge is -2.35. The first kappa shape index (κ1) is 16.5. The lowest BCUT2D eigenvalue weighted by atomic mass is 9.93. The second-order valence-corrected chi connectivity index (χ2v) is 6.80. The number of hydrogen-bond acceptors (Lipinski definition) is 4. The van der Waals surface area contributed by atoms with E-state index >= 15 is 0 Å². The predicted molar refractivity (Wildman–Crippen MR) is 86.1 cm³/mol. The van der Waals surface area contributed by atoms with E-state index in [1.807, 2.05) is 18.7 Å². The minimum atomic E-state index is -0.124. The average Bonchev–Trinajstić information content (AvgIpc) is 3.17. The van der Waals surface area contributed by atoms with Crippen LogP contribution in [0.1, 0.15) is 49.1 Å². The smallest absolute Gasteiger partial charge is 0.223 e. The summed E-state index contributed by atoms with van der Waals surface area (Å²) in [7, 11) is 0. The van der Waals surface area contributed by atoms with Crippen LogP contribution in [0.3, 0.4) is 0 Å². The summed E-state index contributed by atoms with van der Waals surface area (Å²) >= 11 is 0. The SMILES string of the molecule is Cc1n[nH]c(C)c1[C@@H](C)CC(=O)N1CCC[C@@H](C2OCCO2)C1. The number of nitrogens with zero attached hydrogens (tertiary/aromatic N) is 2. The van der Waals surface area contributed by atoms with Crippen LogP contribution in [-0.2, 0) is 14.3 Å². The molecule has 0 saturated carbocycles. The summed E-state index contributed by atoms with van der Waals surface area (Å²) in [5.74, 6) is 0.712. The maximum Gasteiger partial charge on any atom is 0.223 e. The molecule has 0 bridgehead atoms. The van der Waals surface area contributed by atoms with Gasteiger partial charge in [-0.2, -0.15) is 5.10 Å². The van der Waals surface area contributed by atoms with E-state index in [0.29, 0.717) is 25.6 Å². The van der Waals surface area contributed by atoms with E-state index in [1.165, 1.54) is 5.56 Å². The van der Waals surface area contributed by atoms with Crippen molar-refractivity contribution >= 4 is 5.91 Å². The fourth-order valence-electron chi connectivity index (χ4n) is 3.89. The van der Waals surface area contributed by atoms with Crippen molar-refractivity contribution in [3.8, 4) is 0 Å². The van der Waals surface area contributed by atoms with Crippen LogP contribution in [-0.4, -0.2) is 53.6 Å². The van der Waals surface area contributed by atoms with Gasteiger partial charge in [-0.3, -0.25) is 9.89 Å². The van der Waals surface area contributed by atoms with Crippen molar-refractivity contribution in [3.05, 3.63) is 17.0 Å². The van der Waals surface area contributed by atoms with Crippen molar-refractivity contribution in [1.82, 2.24) is 15.1 Å². The van der Waals surface area contributed by atoms with Crippen LogP contribution in [0.25, 0.3) is 0 Å². The summed E-state index contributed by atoms with van der Waals surface area (Å²) in [6.45, 7) is 9.05. The fraction of sp³-hybridized carbons (Fsp3) is 0.765. The molecule has 2 aliphatic heterocycles. The first-order chi connectivity index (χ1) is 11.1. The molecule has 6 heteroatoms. The van der Waals surface area contributed by atoms with Crippen LogP contribution in [0.2, 0.25) is 0 Å². The van der Waals surface area contributed by atoms with Gasteiger partial charge < -0.3 is 14.4 Å². The number of piperidine rings is 1. The Morgan fingerprint density at radius 3 is 2.78 bits per heavy atom. The normalized spacial score (nSPS) is 24.1. The van der Waals surface area contributed by atoms with Crippen molar-refractivity contribution in [1.29, 1.82) is 0 Å². The van der Waals surface area contributed by atoms with Crippen LogP contribution in [0.4, 0.5) is 0 Å². The summed E-state index contributed by atoms with van der Waals surface area (Å²) in [6, 6.07) is 0. The largest absolute Gasteiger partial charge is 0.350 e. The number of hydrogen-bond donors (Lipinski definition) is 1. The van der Waals surface area contributed by atoms with Gasteiger partial charge in [-0.15, -0.1) is 0 Å². The molecule has 2 saturated heterocycles. The number of aryl methyl sites for hydroxylation is 2. The van der Waals surface area contributed by atoms with Gasteiger partial charge in [0, 0.05) is 31.1 Å². The molecule has 0 unspecified atom stereocenters. The molecule has 1 aromatic rings. The van der Waals surface area contributed by atoms with E-state index in [0.717, 1.165) is 37.3 Å². The number of carbonyl (C=O) groups excluding carboxylic acids is 1. The monoisotopic (exact) mass is 321 g/mol. The number of aromatic nitrogens is 2. The van der Waals surface area contributed by atoms with Crippen molar-refractivity contribution in [3.63, 3.8) is 0 Å². The number of carbonyl (C=O) groups is 1. The summed E-state index contributed by atoms with van der Waals surface area (Å²) in [5, 5.41) is 7.25. The predicted octanol–water partition coefficient (Wildman–Crippen LogP) is 2.13. The third-order valence-electron chi connectivity index (χ3n) is 5.00. The summed E-state index contributed by atoms with van der Waals surface area (Å²) in [5.41, 5.74) is 3.23. The van der Waals surface area contributed by atoms with Gasteiger partial charge in [-0.25, -0.2) is 0 Å². The Kier molecular flexibility index (Phi) is 5.02. The number of H-pyrrole nitrogens is 1. The van der Waals surface area contributed by atoms with Crippen molar-refractivity contribution in [2.24, 2.45) is 5.92 Å². The van der Waals surface area contributed by atoms with E-state index in [2.05, 4.69) is 17.1 Å². The van der Waals surface area contributed by atoms with Crippen LogP contribution in [0.15, 0.2) is 0 Å². The Bertz CT molecular complexity index is 532. The van der Waals surface area contributed by atoms with Gasteiger partial charge in [-0.05, 0) is 38.2 Å². The van der Waals surface area contributed by atoms with E-state index in [-0.39, 0.29) is 18.1 Å². The van der Waals surface area contributed by atoms with E-state index in [1.54, 1.807) is 0 Å². The molecular formula is C17H27N3O3. The highest BCUT2D eigenvalue weighted by Crippen LogP contribution is 2.28. The summed E-state index contributed by atoms with van der Waals surface area (Å²) in [6.07, 6.45) is 2.50. The summed E-state index contributed by atoms with van der Waals surface area (Å²) < 4.78 is 11.2. The second kappa shape index (κ2) is 7.01. The van der Waals surface area contributed by atoms with Crippen LogP contribution in [0.5, 0.6) is 0 Å². The minimum Gasteiger partial charge on any atom is -0.350 e. The number of rotatable bonds is 4. The topological polar surface area (TPSA) is 67.5 Å². The van der Waals surface area contributed by atoms with Gasteiger partial charge in [0.05, 0.1) is 18.9 Å². The molecule has 1 N–H and O–H groups in total. The first-order valence-corrected chi connectivity index (χ1v) is 8.58. The maximum atomic E-state index is 12.7. The minimum absolute atomic E-state index is 0.124. The van der Waals surface area contributed by atoms with E-state index < -0.39 is 0 Å². The highest BCUT2D eigenvalue weighted by Gasteiger charge is 2.33. The molecule has 3 heterocycles. The molecule has 3 rings (SSSR count). The molecular weight excluding hydrogens is 294 g/mol. The zero-order valence-electron chi connectivity index (χ0n) is 14.3. The third-order valence-corrected chi connectivity index (χ3v) is 5.00. The van der Waals surface area contributed by atoms with Crippen molar-refractivity contribution in [2.75, 3.05) is 26.3 Å². The Morgan fingerprint density at radius 1 is 1.39 bits per heavy atom. The number of likely N-dealkylation sites (tertiary alicyclic amines) is 1. The second-order valence-electron chi connectivity index (χ2n) is 6.80. The Labute approximate surface area is 137 Å². The number of ether oxygens (including phenoxy) is 2. The molecule has 0 aliphatic carbocycles. The lowest BCUT2D eigenvalue weighted by Crippen LogP contribution is -2.44. The molecule has 0 spiro atoms. The van der Waals surface area contributed by atoms with Gasteiger partial charge in [0.1, 0.15) is 0 Å². The molecule has 23 heavy (non-hydrogen) atoms. The molecule has 0 radical (unpaired) electrons. The standard InChI is InChI=1S/C17H27N3O3/c1-11(16-12(2)18-19-13(16)3)9-15(21)20-6-4-5-14(10-20)17-22-7-8-23-17/h11,14,17H,4-10H2,1-3H3,(H,18,19)/t11-,14+/m0/s1. The zero-order chi connectivity index (χ0) is 16.4. The number of amides is 1. The van der Waals surface area contributed by atoms with Gasteiger partial charge >= 0.3 is 0 Å². The number of aromatic amines is 1. The summed E-state index contributed by atoms with van der Waals surface area (Å²) in [4.78, 5) is 14.7. The molecule has 128 valence electrons. The highest BCUT2D eigenvalue weighted by atomic mass is 16.7. The Hall–Kier alpha value is -1.40. The molecule has 6 nitrogen and oxygen atoms in total. The van der Waals surface area contributed by atoms with Gasteiger partial charge in [0.15, 0.2) is 6.29 Å². The van der Waals surface area contributed by atoms with E-state index in [9.17, 15) is 4.79 Å². The average molecular weight is 321 g/mol. The fourth-order valence-corrected chi connectivity index (χ4v) is 3.89. The van der Waals surface area contributed by atoms with Crippen LogP contribution in [0, 0.1) is 19.8 Å². The highest BCUT2D eigenvalue weighted by molar-refractivity contribution is 5.77. The zero-order valence-corrected chi connectivity index (χ0v) is 14.3. The van der Waals surface area contributed by atoms with Gasteiger partial charge in [0.25, 0.3) is 0 Å². The molecule has 2 atom stereocenters. The van der Waals surface area contributed by atoms with E-state index in [4.69, 9.17) is 9.47 Å². The van der Waals surface area contributed by atoms with Gasteiger partial charge in [0.2, 0.25) is 5.91 Å². The first-order valence-electron chi connectivity index (χ1n) is 8.58. The Balaban J connectivity index is 1.59. The van der Waals surface area contributed by atoms with Crippen LogP contribution < -0.4 is 0 Å². The molecule has 2 aliphatic rings. The van der Waals surface area contributed by atoms with Crippen molar-refractivity contribution in [2.45, 2.75) is 52.2 Å². The molecule has 1 aromatic heterocycles. The maximum absolute atomic E-state index is 12.7. The molecule has 2 fully saturated rings. The molecule has 1 amide bonds. The third kappa shape index (κ3) is 3.58. The van der Waals surface area contributed by atoms with Crippen molar-refractivity contribution < 1.29 is 14.3 Å². The molecule has 0 aromatic carbocycles. The Morgan fingerprint density at radius 2 is 2.13 bits per heavy atom. The lowest BCUT2D eigenvalue weighted by molar-refractivity contribution is -0.139. The van der Waals surface area contributed by atoms with Crippen LogP contribution >= 0.6 is 0 Å². The quantitative estimate of drug-likeness (QED) is 0.922.